The maximum Gasteiger partial charge on any atom is 0.329 e. The smallest absolute Gasteiger partial charge is 0.329 e. The number of hydrogen-bond acceptors (Lipinski definition) is 5. The van der Waals surface area contributed by atoms with Crippen LogP contribution < -0.4 is 4.72 Å². The second-order valence-corrected chi connectivity index (χ2v) is 6.95. The summed E-state index contributed by atoms with van der Waals surface area (Å²) in [6, 6.07) is 3.02. The zero-order valence-corrected chi connectivity index (χ0v) is 13.3. The second-order valence-electron chi connectivity index (χ2n) is 5.27. The van der Waals surface area contributed by atoms with Crippen molar-refractivity contribution < 1.29 is 32.2 Å². The van der Waals surface area contributed by atoms with Crippen molar-refractivity contribution in [3.63, 3.8) is 0 Å². The van der Waals surface area contributed by atoms with Crippen LogP contribution in [0, 0.1) is 12.7 Å². The lowest BCUT2D eigenvalue weighted by Crippen LogP contribution is -2.51. The van der Waals surface area contributed by atoms with Crippen LogP contribution in [-0.4, -0.2) is 51.5 Å². The molecule has 1 aromatic carbocycles. The van der Waals surface area contributed by atoms with E-state index in [0.717, 1.165) is 6.07 Å². The molecule has 0 bridgehead atoms. The van der Waals surface area contributed by atoms with Crippen molar-refractivity contribution in [2.24, 2.45) is 0 Å². The Hall–Kier alpha value is -1.55. The van der Waals surface area contributed by atoms with Crippen LogP contribution in [-0.2, 0) is 24.3 Å². The van der Waals surface area contributed by atoms with Gasteiger partial charge in [-0.15, -0.1) is 0 Å². The molecule has 0 aliphatic carbocycles. The molecule has 0 aromatic heterocycles. The molecule has 1 fully saturated rings. The van der Waals surface area contributed by atoms with E-state index >= 15 is 0 Å². The normalized spacial score (nSPS) is 22.0. The fourth-order valence-electron chi connectivity index (χ4n) is 2.29. The average molecular weight is 347 g/mol. The Bertz CT molecular complexity index is 678. The lowest BCUT2D eigenvalue weighted by Gasteiger charge is -2.31. The summed E-state index contributed by atoms with van der Waals surface area (Å²) in [4.78, 5) is 10.1. The summed E-state index contributed by atoms with van der Waals surface area (Å²) in [6.45, 7) is 1.47. The van der Waals surface area contributed by atoms with Gasteiger partial charge in [0.25, 0.3) is 0 Å². The van der Waals surface area contributed by atoms with Crippen LogP contribution in [0.1, 0.15) is 12.0 Å². The molecule has 0 spiro atoms. The van der Waals surface area contributed by atoms with Crippen molar-refractivity contribution in [1.82, 2.24) is 4.72 Å². The Labute approximate surface area is 133 Å². The van der Waals surface area contributed by atoms with E-state index < -0.39 is 45.5 Å². The molecule has 2 atom stereocenters. The van der Waals surface area contributed by atoms with Gasteiger partial charge in [0, 0.05) is 6.61 Å². The summed E-state index contributed by atoms with van der Waals surface area (Å²) in [5.41, 5.74) is 0.602. The number of carbonyl (C=O) groups is 1. The molecule has 0 unspecified atom stereocenters. The van der Waals surface area contributed by atoms with Gasteiger partial charge in [-0.05, 0) is 31.0 Å². The van der Waals surface area contributed by atoms with Crippen LogP contribution in [0.4, 0.5) is 4.39 Å². The Morgan fingerprint density at radius 3 is 2.91 bits per heavy atom. The summed E-state index contributed by atoms with van der Waals surface area (Å²) < 4.78 is 51.3. The van der Waals surface area contributed by atoms with Crippen molar-refractivity contribution >= 4 is 16.0 Å². The average Bonchev–Trinajstić information content (AvgIpc) is 2.45. The quantitative estimate of drug-likeness (QED) is 0.784. The fraction of sp³-hybridized carbons (Fsp3) is 0.500. The zero-order valence-electron chi connectivity index (χ0n) is 12.5. The number of halogens is 1. The van der Waals surface area contributed by atoms with Gasteiger partial charge in [0.1, 0.15) is 17.3 Å². The molecule has 23 heavy (non-hydrogen) atoms. The predicted octanol–water partition coefficient (Wildman–Crippen LogP) is 0.671. The van der Waals surface area contributed by atoms with Crippen molar-refractivity contribution in [2.45, 2.75) is 30.4 Å². The molecule has 2 rings (SSSR count). The highest BCUT2D eigenvalue weighted by atomic mass is 32.2. The number of aryl methyl sites for hydroxylation is 1. The topological polar surface area (TPSA) is 102 Å². The SMILES string of the molecule is Cc1ccc(S(=O)(=O)N[C@@H]2COCC[C@@H]2OCC(=O)O)c(F)c1. The number of benzene rings is 1. The molecule has 9 heteroatoms. The number of hydrogen-bond donors (Lipinski definition) is 2. The number of rotatable bonds is 6. The molecular weight excluding hydrogens is 329 g/mol. The standard InChI is InChI=1S/C14H18FNO6S/c1-9-2-3-13(10(15)6-9)23(19,20)16-11-7-21-5-4-12(11)22-8-14(17)18/h2-3,6,11-12,16H,4-5,7-8H2,1H3,(H,17,18)/t11-,12+/m1/s1. The maximum atomic E-state index is 13.9. The van der Waals surface area contributed by atoms with Crippen molar-refractivity contribution in [1.29, 1.82) is 0 Å². The number of aliphatic carboxylic acids is 1. The molecule has 1 aromatic rings. The third kappa shape index (κ3) is 4.71. The van der Waals surface area contributed by atoms with E-state index in [0.29, 0.717) is 18.6 Å². The fourth-order valence-corrected chi connectivity index (χ4v) is 3.60. The predicted molar refractivity (Wildman–Crippen MR) is 78.1 cm³/mol. The van der Waals surface area contributed by atoms with Gasteiger partial charge in [-0.2, -0.15) is 0 Å². The first-order valence-corrected chi connectivity index (χ1v) is 8.47. The molecular formula is C14H18FNO6S. The summed E-state index contributed by atoms with van der Waals surface area (Å²) in [5, 5.41) is 8.66. The van der Waals surface area contributed by atoms with Crippen LogP contribution in [0.15, 0.2) is 23.1 Å². The van der Waals surface area contributed by atoms with E-state index in [1.165, 1.54) is 12.1 Å². The monoisotopic (exact) mass is 347 g/mol. The highest BCUT2D eigenvalue weighted by Gasteiger charge is 2.32. The minimum atomic E-state index is -4.11. The van der Waals surface area contributed by atoms with Gasteiger partial charge in [0.15, 0.2) is 0 Å². The van der Waals surface area contributed by atoms with Gasteiger partial charge >= 0.3 is 5.97 Å². The highest BCUT2D eigenvalue weighted by Crippen LogP contribution is 2.19. The van der Waals surface area contributed by atoms with Crippen molar-refractivity contribution in [2.75, 3.05) is 19.8 Å². The van der Waals surface area contributed by atoms with E-state index in [4.69, 9.17) is 14.6 Å². The summed E-state index contributed by atoms with van der Waals surface area (Å²) in [7, 11) is -4.11. The van der Waals surface area contributed by atoms with Gasteiger partial charge in [-0.3, -0.25) is 0 Å². The van der Waals surface area contributed by atoms with Gasteiger partial charge < -0.3 is 14.6 Å². The van der Waals surface area contributed by atoms with E-state index in [2.05, 4.69) is 4.72 Å². The second kappa shape index (κ2) is 7.35. The molecule has 1 aliphatic rings. The van der Waals surface area contributed by atoms with Crippen LogP contribution in [0.25, 0.3) is 0 Å². The van der Waals surface area contributed by atoms with Gasteiger partial charge in [-0.25, -0.2) is 22.3 Å². The Kier molecular flexibility index (Phi) is 5.69. The molecule has 1 heterocycles. The van der Waals surface area contributed by atoms with Crippen molar-refractivity contribution in [3.05, 3.63) is 29.6 Å². The minimum absolute atomic E-state index is 0.0248. The van der Waals surface area contributed by atoms with E-state index in [9.17, 15) is 17.6 Å². The first-order valence-electron chi connectivity index (χ1n) is 6.99. The van der Waals surface area contributed by atoms with Crippen LogP contribution in [0.3, 0.4) is 0 Å². The van der Waals surface area contributed by atoms with Gasteiger partial charge in [0.05, 0.1) is 18.8 Å². The Balaban J connectivity index is 2.15. The molecule has 0 amide bonds. The molecule has 1 saturated heterocycles. The van der Waals surface area contributed by atoms with E-state index in [1.807, 2.05) is 0 Å². The third-order valence-corrected chi connectivity index (χ3v) is 4.92. The Morgan fingerprint density at radius 2 is 2.26 bits per heavy atom. The molecule has 1 aliphatic heterocycles. The lowest BCUT2D eigenvalue weighted by atomic mass is 10.1. The Morgan fingerprint density at radius 1 is 1.52 bits per heavy atom. The summed E-state index contributed by atoms with van der Waals surface area (Å²) in [5.74, 6) is -2.00. The summed E-state index contributed by atoms with van der Waals surface area (Å²) >= 11 is 0. The van der Waals surface area contributed by atoms with Crippen LogP contribution >= 0.6 is 0 Å². The minimum Gasteiger partial charge on any atom is -0.480 e. The molecule has 0 radical (unpaired) electrons. The number of nitrogens with one attached hydrogen (secondary N) is 1. The largest absolute Gasteiger partial charge is 0.480 e. The molecule has 2 N–H and O–H groups in total. The maximum absolute atomic E-state index is 13.9. The van der Waals surface area contributed by atoms with Gasteiger partial charge in [0.2, 0.25) is 10.0 Å². The highest BCUT2D eigenvalue weighted by molar-refractivity contribution is 7.89. The first-order chi connectivity index (χ1) is 10.8. The molecule has 0 saturated carbocycles. The van der Waals surface area contributed by atoms with Crippen molar-refractivity contribution in [3.8, 4) is 0 Å². The van der Waals surface area contributed by atoms with Crippen LogP contribution in [0.2, 0.25) is 0 Å². The molecule has 7 nitrogen and oxygen atoms in total. The third-order valence-electron chi connectivity index (χ3n) is 3.40. The zero-order chi connectivity index (χ0) is 17.0. The number of sulfonamides is 1. The van der Waals surface area contributed by atoms with Crippen LogP contribution in [0.5, 0.6) is 0 Å². The van der Waals surface area contributed by atoms with Gasteiger partial charge in [-0.1, -0.05) is 6.07 Å². The number of ether oxygens (including phenoxy) is 2. The lowest BCUT2D eigenvalue weighted by molar-refractivity contribution is -0.147. The number of carboxylic acids is 1. The van der Waals surface area contributed by atoms with E-state index in [1.54, 1.807) is 6.92 Å². The molecule has 128 valence electrons. The number of carboxylic acid groups (broad SMARTS) is 1. The summed E-state index contributed by atoms with van der Waals surface area (Å²) in [6.07, 6.45) is -0.306. The van der Waals surface area contributed by atoms with E-state index in [-0.39, 0.29) is 6.61 Å². The first kappa shape index (κ1) is 17.8.